The van der Waals surface area contributed by atoms with Crippen LogP contribution in [0.2, 0.25) is 0 Å². The van der Waals surface area contributed by atoms with Crippen LogP contribution in [0.25, 0.3) is 0 Å². The van der Waals surface area contributed by atoms with Crippen LogP contribution >= 0.6 is 0 Å². The van der Waals surface area contributed by atoms with Crippen LogP contribution in [0.15, 0.2) is 23.1 Å². The standard InChI is InChI=1S/C17H28N2O4S/c1-22-15-9-10-16(23-2)17(13-15)24(20,21)19-12-11-18-14-7-5-3-4-6-8-14/h9-10,13-14,18-19H,3-8,11-12H2,1-2H3. The minimum absolute atomic E-state index is 0.0961. The summed E-state index contributed by atoms with van der Waals surface area (Å²) < 4.78 is 37.9. The molecule has 0 bridgehead atoms. The molecule has 1 fully saturated rings. The van der Waals surface area contributed by atoms with E-state index in [0.717, 1.165) is 0 Å². The molecular weight excluding hydrogens is 328 g/mol. The van der Waals surface area contributed by atoms with E-state index >= 15 is 0 Å². The summed E-state index contributed by atoms with van der Waals surface area (Å²) in [4.78, 5) is 0.0961. The molecule has 0 heterocycles. The van der Waals surface area contributed by atoms with Gasteiger partial charge in [0.15, 0.2) is 0 Å². The molecule has 1 aliphatic rings. The second kappa shape index (κ2) is 9.25. The van der Waals surface area contributed by atoms with Crippen LogP contribution in [0.5, 0.6) is 11.5 Å². The predicted octanol–water partition coefficient (Wildman–Crippen LogP) is 2.29. The van der Waals surface area contributed by atoms with Gasteiger partial charge in [0.05, 0.1) is 14.2 Å². The Bertz CT molecular complexity index is 611. The van der Waals surface area contributed by atoms with Gasteiger partial charge in [0.25, 0.3) is 0 Å². The molecule has 0 radical (unpaired) electrons. The molecule has 136 valence electrons. The molecular formula is C17H28N2O4S. The van der Waals surface area contributed by atoms with E-state index in [0.29, 0.717) is 30.6 Å². The highest BCUT2D eigenvalue weighted by Crippen LogP contribution is 2.27. The van der Waals surface area contributed by atoms with E-state index in [1.165, 1.54) is 58.8 Å². The smallest absolute Gasteiger partial charge is 0.244 e. The molecule has 7 heteroatoms. The van der Waals surface area contributed by atoms with Gasteiger partial charge in [-0.2, -0.15) is 0 Å². The Hall–Kier alpha value is -1.31. The number of hydrogen-bond donors (Lipinski definition) is 2. The van der Waals surface area contributed by atoms with Crippen molar-refractivity contribution in [3.63, 3.8) is 0 Å². The minimum Gasteiger partial charge on any atom is -0.497 e. The number of hydrogen-bond acceptors (Lipinski definition) is 5. The Morgan fingerprint density at radius 2 is 1.75 bits per heavy atom. The van der Waals surface area contributed by atoms with E-state index in [4.69, 9.17) is 9.47 Å². The van der Waals surface area contributed by atoms with Crippen LogP contribution in [0.4, 0.5) is 0 Å². The molecule has 1 aliphatic carbocycles. The van der Waals surface area contributed by atoms with E-state index in [1.807, 2.05) is 0 Å². The van der Waals surface area contributed by atoms with Crippen molar-refractivity contribution in [2.75, 3.05) is 27.3 Å². The zero-order valence-electron chi connectivity index (χ0n) is 14.5. The van der Waals surface area contributed by atoms with Crippen molar-refractivity contribution in [3.8, 4) is 11.5 Å². The quantitative estimate of drug-likeness (QED) is 0.552. The zero-order chi connectivity index (χ0) is 17.4. The molecule has 1 saturated carbocycles. The Morgan fingerprint density at radius 1 is 1.04 bits per heavy atom. The number of benzene rings is 1. The molecule has 1 aromatic carbocycles. The number of rotatable bonds is 8. The molecule has 24 heavy (non-hydrogen) atoms. The van der Waals surface area contributed by atoms with Gasteiger partial charge in [-0.15, -0.1) is 0 Å². The van der Waals surface area contributed by atoms with Gasteiger partial charge in [-0.05, 0) is 25.0 Å². The maximum absolute atomic E-state index is 12.5. The highest BCUT2D eigenvalue weighted by Gasteiger charge is 2.20. The lowest BCUT2D eigenvalue weighted by Gasteiger charge is -2.17. The molecule has 0 amide bonds. The van der Waals surface area contributed by atoms with Crippen molar-refractivity contribution in [2.24, 2.45) is 0 Å². The third-order valence-electron chi connectivity index (χ3n) is 4.37. The van der Waals surface area contributed by atoms with E-state index in [9.17, 15) is 8.42 Å². The van der Waals surface area contributed by atoms with E-state index < -0.39 is 10.0 Å². The molecule has 2 N–H and O–H groups in total. The molecule has 0 atom stereocenters. The summed E-state index contributed by atoms with van der Waals surface area (Å²) in [5.74, 6) is 0.785. The van der Waals surface area contributed by atoms with Gasteiger partial charge >= 0.3 is 0 Å². The van der Waals surface area contributed by atoms with E-state index in [-0.39, 0.29) is 4.90 Å². The lowest BCUT2D eigenvalue weighted by atomic mass is 10.1. The van der Waals surface area contributed by atoms with Crippen molar-refractivity contribution in [1.82, 2.24) is 10.0 Å². The summed E-state index contributed by atoms with van der Waals surface area (Å²) in [5.41, 5.74) is 0. The Morgan fingerprint density at radius 3 is 2.38 bits per heavy atom. The molecule has 2 rings (SSSR count). The monoisotopic (exact) mass is 356 g/mol. The average molecular weight is 356 g/mol. The van der Waals surface area contributed by atoms with Gasteiger partial charge in [0.2, 0.25) is 10.0 Å². The topological polar surface area (TPSA) is 76.7 Å². The van der Waals surface area contributed by atoms with Crippen molar-refractivity contribution < 1.29 is 17.9 Å². The maximum atomic E-state index is 12.5. The van der Waals surface area contributed by atoms with Crippen LogP contribution in [0, 0.1) is 0 Å². The van der Waals surface area contributed by atoms with Crippen molar-refractivity contribution in [3.05, 3.63) is 18.2 Å². The second-order valence-electron chi connectivity index (χ2n) is 6.06. The van der Waals surface area contributed by atoms with Gasteiger partial charge in [0.1, 0.15) is 16.4 Å². The molecule has 0 saturated heterocycles. The summed E-state index contributed by atoms with van der Waals surface area (Å²) >= 11 is 0. The first-order chi connectivity index (χ1) is 11.6. The van der Waals surface area contributed by atoms with Gasteiger partial charge in [0, 0.05) is 25.2 Å². The van der Waals surface area contributed by atoms with Crippen LogP contribution in [-0.2, 0) is 10.0 Å². The van der Waals surface area contributed by atoms with Crippen LogP contribution in [-0.4, -0.2) is 41.8 Å². The number of nitrogens with one attached hydrogen (secondary N) is 2. The lowest BCUT2D eigenvalue weighted by Crippen LogP contribution is -2.37. The number of ether oxygens (including phenoxy) is 2. The lowest BCUT2D eigenvalue weighted by molar-refractivity contribution is 0.392. The molecule has 6 nitrogen and oxygen atoms in total. The first-order valence-corrected chi connectivity index (χ1v) is 10.00. The fourth-order valence-electron chi connectivity index (χ4n) is 3.02. The number of methoxy groups -OCH3 is 2. The summed E-state index contributed by atoms with van der Waals surface area (Å²) in [7, 11) is -0.686. The van der Waals surface area contributed by atoms with Crippen LogP contribution in [0.1, 0.15) is 38.5 Å². The second-order valence-corrected chi connectivity index (χ2v) is 7.79. The van der Waals surface area contributed by atoms with E-state index in [2.05, 4.69) is 10.0 Å². The predicted molar refractivity (Wildman–Crippen MR) is 94.2 cm³/mol. The number of sulfonamides is 1. The SMILES string of the molecule is COc1ccc(OC)c(S(=O)(=O)NCCNC2CCCCCC2)c1. The zero-order valence-corrected chi connectivity index (χ0v) is 15.3. The average Bonchev–Trinajstić information content (AvgIpc) is 2.87. The van der Waals surface area contributed by atoms with Gasteiger partial charge in [-0.3, -0.25) is 0 Å². The summed E-state index contributed by atoms with van der Waals surface area (Å²) in [6.07, 6.45) is 7.47. The molecule has 0 aliphatic heterocycles. The van der Waals surface area contributed by atoms with Crippen molar-refractivity contribution in [1.29, 1.82) is 0 Å². The Labute approximate surface area is 145 Å². The summed E-state index contributed by atoms with van der Waals surface area (Å²) in [5, 5.41) is 3.45. The van der Waals surface area contributed by atoms with Crippen molar-refractivity contribution in [2.45, 2.75) is 49.5 Å². The first kappa shape index (κ1) is 19.0. The first-order valence-electron chi connectivity index (χ1n) is 8.52. The Balaban J connectivity index is 1.91. The minimum atomic E-state index is -3.64. The summed E-state index contributed by atoms with van der Waals surface area (Å²) in [6, 6.07) is 5.24. The third kappa shape index (κ3) is 5.36. The van der Waals surface area contributed by atoms with Crippen LogP contribution < -0.4 is 19.5 Å². The molecule has 0 unspecified atom stereocenters. The van der Waals surface area contributed by atoms with Crippen LogP contribution in [0.3, 0.4) is 0 Å². The van der Waals surface area contributed by atoms with Gasteiger partial charge in [-0.25, -0.2) is 13.1 Å². The normalized spacial score (nSPS) is 16.6. The molecule has 1 aromatic rings. The van der Waals surface area contributed by atoms with Crippen molar-refractivity contribution >= 4 is 10.0 Å². The fourth-order valence-corrected chi connectivity index (χ4v) is 4.23. The Kier molecular flexibility index (Phi) is 7.33. The molecule has 0 aromatic heterocycles. The fraction of sp³-hybridized carbons (Fsp3) is 0.647. The van der Waals surface area contributed by atoms with Gasteiger partial charge in [-0.1, -0.05) is 25.7 Å². The largest absolute Gasteiger partial charge is 0.497 e. The summed E-state index contributed by atoms with van der Waals surface area (Å²) in [6.45, 7) is 0.968. The highest BCUT2D eigenvalue weighted by atomic mass is 32.2. The highest BCUT2D eigenvalue weighted by molar-refractivity contribution is 7.89. The van der Waals surface area contributed by atoms with Gasteiger partial charge < -0.3 is 14.8 Å². The maximum Gasteiger partial charge on any atom is 0.244 e. The third-order valence-corrected chi connectivity index (χ3v) is 5.85. The van der Waals surface area contributed by atoms with E-state index in [1.54, 1.807) is 12.1 Å². The molecule has 0 spiro atoms.